The number of aromatic nitrogens is 3. The molecule has 4 aromatic rings. The average Bonchev–Trinajstić information content (AvgIpc) is 2.89. The van der Waals surface area contributed by atoms with Crippen LogP contribution < -0.4 is 10.6 Å². The summed E-state index contributed by atoms with van der Waals surface area (Å²) in [6.45, 7) is 8.85. The monoisotopic (exact) mass is 593 g/mol. The molecule has 0 aliphatic carbocycles. The lowest BCUT2D eigenvalue weighted by atomic mass is 10.0. The van der Waals surface area contributed by atoms with Gasteiger partial charge in [-0.2, -0.15) is 4.98 Å². The highest BCUT2D eigenvalue weighted by atomic mass is 79.9. The minimum absolute atomic E-state index is 0.0344. The predicted octanol–water partition coefficient (Wildman–Crippen LogP) is 5.97. The molecule has 202 valence electrons. The van der Waals surface area contributed by atoms with E-state index < -0.39 is 11.8 Å². The summed E-state index contributed by atoms with van der Waals surface area (Å²) >= 11 is 3.64. The molecule has 0 bridgehead atoms. The first-order valence-corrected chi connectivity index (χ1v) is 13.6. The first-order valence-electron chi connectivity index (χ1n) is 12.8. The molecule has 0 unspecified atom stereocenters. The van der Waals surface area contributed by atoms with E-state index in [2.05, 4.69) is 25.9 Å². The minimum Gasteiger partial charge on any atom is -0.465 e. The second-order valence-electron chi connectivity index (χ2n) is 10.2. The second kappa shape index (κ2) is 10.4. The number of fused-ring (bicyclic) bond motifs is 1. The summed E-state index contributed by atoms with van der Waals surface area (Å²) in [4.78, 5) is 38.0. The molecule has 39 heavy (non-hydrogen) atoms. The van der Waals surface area contributed by atoms with E-state index in [-0.39, 0.29) is 24.3 Å². The number of nitrogens with zero attached hydrogens (tertiary/aromatic N) is 5. The topological polar surface area (TPSA) is 91.6 Å². The Morgan fingerprint density at radius 3 is 2.56 bits per heavy atom. The van der Waals surface area contributed by atoms with Crippen LogP contribution in [0.25, 0.3) is 27.7 Å². The van der Waals surface area contributed by atoms with Crippen LogP contribution in [0.2, 0.25) is 0 Å². The number of amides is 1. The molecule has 1 amide bonds. The van der Waals surface area contributed by atoms with Crippen LogP contribution in [-0.4, -0.2) is 56.3 Å². The van der Waals surface area contributed by atoms with E-state index in [1.54, 1.807) is 29.0 Å². The number of halogens is 2. The molecule has 1 fully saturated rings. The third-order valence-corrected chi connectivity index (χ3v) is 7.87. The predicted molar refractivity (Wildman–Crippen MR) is 153 cm³/mol. The number of carbonyl (C=O) groups is 1. The van der Waals surface area contributed by atoms with E-state index in [1.807, 2.05) is 50.8 Å². The first-order chi connectivity index (χ1) is 18.6. The van der Waals surface area contributed by atoms with E-state index in [4.69, 9.17) is 0 Å². The molecule has 3 heterocycles. The summed E-state index contributed by atoms with van der Waals surface area (Å²) in [5, 5.41) is 10.2. The lowest BCUT2D eigenvalue weighted by molar-refractivity contribution is 0.136. The van der Waals surface area contributed by atoms with Gasteiger partial charge < -0.3 is 14.9 Å². The Labute approximate surface area is 233 Å². The maximum atomic E-state index is 14.9. The van der Waals surface area contributed by atoms with Gasteiger partial charge in [0.05, 0.1) is 16.9 Å². The second-order valence-corrected chi connectivity index (χ2v) is 11.0. The van der Waals surface area contributed by atoms with Crippen molar-refractivity contribution in [1.29, 1.82) is 0 Å². The molecule has 0 radical (unpaired) electrons. The normalized spacial score (nSPS) is 15.8. The molecule has 1 aliphatic rings. The van der Waals surface area contributed by atoms with Gasteiger partial charge in [-0.1, -0.05) is 48.0 Å². The lowest BCUT2D eigenvalue weighted by Crippen LogP contribution is -2.54. The van der Waals surface area contributed by atoms with Crippen molar-refractivity contribution in [3.05, 3.63) is 80.7 Å². The fourth-order valence-corrected chi connectivity index (χ4v) is 5.84. The molecular weight excluding hydrogens is 565 g/mol. The molecule has 8 nitrogen and oxygen atoms in total. The van der Waals surface area contributed by atoms with E-state index in [0.717, 1.165) is 11.3 Å². The number of pyridine rings is 1. The van der Waals surface area contributed by atoms with Gasteiger partial charge in [0.1, 0.15) is 11.6 Å². The number of benzene rings is 2. The largest absolute Gasteiger partial charge is 0.465 e. The summed E-state index contributed by atoms with van der Waals surface area (Å²) < 4.78 is 17.2. The summed E-state index contributed by atoms with van der Waals surface area (Å²) in [5.41, 5.74) is 3.37. The zero-order valence-electron chi connectivity index (χ0n) is 22.2. The number of anilines is 1. The van der Waals surface area contributed by atoms with Crippen molar-refractivity contribution >= 4 is 38.7 Å². The number of aryl methyl sites for hydroxylation is 1. The van der Waals surface area contributed by atoms with Gasteiger partial charge in [-0.25, -0.2) is 14.0 Å². The fourth-order valence-electron chi connectivity index (χ4n) is 5.28. The number of piperazine rings is 1. The van der Waals surface area contributed by atoms with Crippen LogP contribution in [0.3, 0.4) is 0 Å². The summed E-state index contributed by atoms with van der Waals surface area (Å²) in [6, 6.07) is 11.8. The Bertz CT molecular complexity index is 1650. The highest BCUT2D eigenvalue weighted by molar-refractivity contribution is 9.10. The molecule has 2 aromatic heterocycles. The van der Waals surface area contributed by atoms with Crippen LogP contribution in [0.4, 0.5) is 15.0 Å². The Hall–Kier alpha value is -3.79. The van der Waals surface area contributed by atoms with Crippen LogP contribution >= 0.6 is 15.9 Å². The highest BCUT2D eigenvalue weighted by Gasteiger charge is 2.30. The molecule has 0 spiro atoms. The Morgan fingerprint density at radius 2 is 1.90 bits per heavy atom. The van der Waals surface area contributed by atoms with Crippen LogP contribution in [0.1, 0.15) is 37.9 Å². The molecule has 0 saturated carbocycles. The van der Waals surface area contributed by atoms with Crippen LogP contribution in [0, 0.1) is 12.7 Å². The van der Waals surface area contributed by atoms with E-state index in [1.165, 1.54) is 11.0 Å². The number of hydrogen-bond donors (Lipinski definition) is 1. The van der Waals surface area contributed by atoms with Crippen molar-refractivity contribution in [1.82, 2.24) is 19.4 Å². The van der Waals surface area contributed by atoms with Crippen molar-refractivity contribution in [3.63, 3.8) is 0 Å². The third kappa shape index (κ3) is 4.78. The summed E-state index contributed by atoms with van der Waals surface area (Å²) in [6.07, 6.45) is 0.758. The molecule has 1 N–H and O–H groups in total. The zero-order valence-corrected chi connectivity index (χ0v) is 23.7. The molecule has 10 heteroatoms. The third-order valence-electron chi connectivity index (χ3n) is 7.22. The van der Waals surface area contributed by atoms with Crippen molar-refractivity contribution in [3.8, 4) is 16.8 Å². The highest BCUT2D eigenvalue weighted by Crippen LogP contribution is 2.38. The molecule has 1 atom stereocenters. The summed E-state index contributed by atoms with van der Waals surface area (Å²) in [5.74, 6) is 0.129. The number of rotatable bonds is 4. The van der Waals surface area contributed by atoms with Crippen LogP contribution in [0.5, 0.6) is 0 Å². The Morgan fingerprint density at radius 1 is 1.15 bits per heavy atom. The maximum Gasteiger partial charge on any atom is 0.407 e. The summed E-state index contributed by atoms with van der Waals surface area (Å²) in [7, 11) is 0. The van der Waals surface area contributed by atoms with Gasteiger partial charge in [-0.05, 0) is 49.6 Å². The lowest BCUT2D eigenvalue weighted by Gasteiger charge is -2.39. The SMILES string of the molecule is Cc1ccnc(C(C)C)c1-n1c(=O)nc(N2CCN(C(=O)O)C[C@@H]2C)c2cc(Br)c(-c3ccccc3F)cc21. The van der Waals surface area contributed by atoms with E-state index in [9.17, 15) is 19.1 Å². The average molecular weight is 594 g/mol. The van der Waals surface area contributed by atoms with Crippen molar-refractivity contribution in [2.24, 2.45) is 0 Å². The first kappa shape index (κ1) is 26.8. The Balaban J connectivity index is 1.84. The standard InChI is InChI=1S/C29H29BrFN5O3/c1-16(2)25-26(17(3)9-10-32-25)36-24-14-20(19-7-5-6-8-23(19)31)22(30)13-21(24)27(33-28(36)37)35-12-11-34(29(38)39)15-18(35)4/h5-10,13-14,16,18H,11-12,15H2,1-4H3,(H,38,39)/t18-/m0/s1. The van der Waals surface area contributed by atoms with E-state index in [0.29, 0.717) is 51.1 Å². The van der Waals surface area contributed by atoms with Gasteiger partial charge in [0, 0.05) is 52.9 Å². The fraction of sp³-hybridized carbons (Fsp3) is 0.310. The van der Waals surface area contributed by atoms with Crippen molar-refractivity contribution < 1.29 is 14.3 Å². The molecule has 1 saturated heterocycles. The maximum absolute atomic E-state index is 14.9. The van der Waals surface area contributed by atoms with Gasteiger partial charge in [0.15, 0.2) is 0 Å². The molecular formula is C29H29BrFN5O3. The van der Waals surface area contributed by atoms with E-state index >= 15 is 0 Å². The number of hydrogen-bond acceptors (Lipinski definition) is 5. The zero-order chi connectivity index (χ0) is 28.0. The quantitative estimate of drug-likeness (QED) is 0.313. The van der Waals surface area contributed by atoms with Gasteiger partial charge in [0.25, 0.3) is 0 Å². The van der Waals surface area contributed by atoms with Gasteiger partial charge >= 0.3 is 11.8 Å². The van der Waals surface area contributed by atoms with Gasteiger partial charge in [-0.3, -0.25) is 9.55 Å². The Kier molecular flexibility index (Phi) is 7.15. The smallest absolute Gasteiger partial charge is 0.407 e. The molecule has 2 aromatic carbocycles. The van der Waals surface area contributed by atoms with Gasteiger partial charge in [0.2, 0.25) is 0 Å². The van der Waals surface area contributed by atoms with Gasteiger partial charge in [-0.15, -0.1) is 0 Å². The van der Waals surface area contributed by atoms with Crippen molar-refractivity contribution in [2.45, 2.75) is 39.7 Å². The number of carboxylic acid groups (broad SMARTS) is 1. The molecule has 5 rings (SSSR count). The van der Waals surface area contributed by atoms with Crippen molar-refractivity contribution in [2.75, 3.05) is 24.5 Å². The van der Waals surface area contributed by atoms with Crippen LogP contribution in [0.15, 0.2) is 57.9 Å². The minimum atomic E-state index is -0.972. The van der Waals surface area contributed by atoms with Crippen LogP contribution in [-0.2, 0) is 0 Å². The molecule has 1 aliphatic heterocycles.